The highest BCUT2D eigenvalue weighted by Crippen LogP contribution is 2.36. The zero-order valence-corrected chi connectivity index (χ0v) is 13.5. The third kappa shape index (κ3) is 3.13. The molecule has 1 saturated heterocycles. The van der Waals surface area contributed by atoms with Gasteiger partial charge in [-0.05, 0) is 5.56 Å². The average molecular weight is 334 g/mol. The van der Waals surface area contributed by atoms with Gasteiger partial charge in [0.05, 0.1) is 18.6 Å². The van der Waals surface area contributed by atoms with Crippen molar-refractivity contribution in [3.05, 3.63) is 48.4 Å². The molecule has 0 unspecified atom stereocenters. The van der Waals surface area contributed by atoms with E-state index in [1.54, 1.807) is 11.9 Å². The summed E-state index contributed by atoms with van der Waals surface area (Å²) in [5.41, 5.74) is 1.01. The molecule has 8 heteroatoms. The van der Waals surface area contributed by atoms with E-state index < -0.39 is 10.0 Å². The number of amides is 1. The molecular weight excluding hydrogens is 316 g/mol. The molecule has 1 aliphatic heterocycles. The van der Waals surface area contributed by atoms with Crippen molar-refractivity contribution in [2.24, 2.45) is 5.92 Å². The second kappa shape index (κ2) is 6.13. The van der Waals surface area contributed by atoms with Crippen LogP contribution in [-0.4, -0.2) is 42.8 Å². The maximum absolute atomic E-state index is 12.2. The number of aromatic amines is 1. The molecule has 3 rings (SSSR count). The normalized spacial score (nSPS) is 21.8. The summed E-state index contributed by atoms with van der Waals surface area (Å²) in [6, 6.07) is 9.52. The predicted octanol–water partition coefficient (Wildman–Crippen LogP) is 0.908. The molecule has 2 heterocycles. The molecule has 122 valence electrons. The minimum atomic E-state index is -3.64. The summed E-state index contributed by atoms with van der Waals surface area (Å²) >= 11 is 0. The van der Waals surface area contributed by atoms with E-state index in [0.29, 0.717) is 6.42 Å². The minimum absolute atomic E-state index is 0.0181. The smallest absolute Gasteiger partial charge is 0.257 e. The van der Waals surface area contributed by atoms with E-state index in [2.05, 4.69) is 14.7 Å². The Morgan fingerprint density at radius 3 is 2.74 bits per heavy atom. The van der Waals surface area contributed by atoms with Crippen molar-refractivity contribution in [1.82, 2.24) is 19.6 Å². The van der Waals surface area contributed by atoms with Gasteiger partial charge < -0.3 is 9.88 Å². The van der Waals surface area contributed by atoms with Crippen LogP contribution in [0.25, 0.3) is 0 Å². The van der Waals surface area contributed by atoms with Crippen LogP contribution in [0.3, 0.4) is 0 Å². The highest BCUT2D eigenvalue weighted by molar-refractivity contribution is 7.89. The molecule has 23 heavy (non-hydrogen) atoms. The summed E-state index contributed by atoms with van der Waals surface area (Å²) in [5.74, 6) is -0.0998. The summed E-state index contributed by atoms with van der Waals surface area (Å²) in [7, 11) is -1.89. The van der Waals surface area contributed by atoms with Crippen LogP contribution in [0, 0.1) is 5.92 Å². The Labute approximate surface area is 134 Å². The zero-order chi connectivity index (χ0) is 16.4. The van der Waals surface area contributed by atoms with Gasteiger partial charge in [0.2, 0.25) is 5.91 Å². The highest BCUT2D eigenvalue weighted by atomic mass is 32.2. The number of sulfonamides is 1. The number of benzene rings is 1. The maximum Gasteiger partial charge on any atom is 0.257 e. The van der Waals surface area contributed by atoms with E-state index >= 15 is 0 Å². The minimum Gasteiger partial charge on any atom is -0.338 e. The van der Waals surface area contributed by atoms with Crippen LogP contribution < -0.4 is 4.72 Å². The summed E-state index contributed by atoms with van der Waals surface area (Å²) in [4.78, 5) is 20.0. The molecule has 2 atom stereocenters. The van der Waals surface area contributed by atoms with Gasteiger partial charge in [0.15, 0.2) is 5.03 Å². The number of carbonyl (C=O) groups is 1. The molecular formula is C15H18N4O3S. The van der Waals surface area contributed by atoms with Crippen molar-refractivity contribution < 1.29 is 13.2 Å². The van der Waals surface area contributed by atoms with E-state index in [1.165, 1.54) is 12.5 Å². The van der Waals surface area contributed by atoms with Crippen LogP contribution >= 0.6 is 0 Å². The first kappa shape index (κ1) is 15.7. The quantitative estimate of drug-likeness (QED) is 0.849. The van der Waals surface area contributed by atoms with Crippen molar-refractivity contribution in [1.29, 1.82) is 0 Å². The molecule has 0 spiro atoms. The molecule has 7 nitrogen and oxygen atoms in total. The standard InChI is InChI=1S/C15H18N4O3S/c1-19-14(20)7-12(15(19)11-5-3-2-4-6-11)8-18-23(21,22)13-9-16-10-17-13/h2-6,9-10,12,15,18H,7-8H2,1H3,(H,16,17)/t12-,15-/m0/s1. The number of hydrogen-bond acceptors (Lipinski definition) is 4. The lowest BCUT2D eigenvalue weighted by Crippen LogP contribution is -2.32. The fraction of sp³-hybridized carbons (Fsp3) is 0.333. The Kier molecular flexibility index (Phi) is 4.18. The van der Waals surface area contributed by atoms with E-state index in [-0.39, 0.29) is 29.4 Å². The Balaban J connectivity index is 1.77. The van der Waals surface area contributed by atoms with Crippen molar-refractivity contribution >= 4 is 15.9 Å². The van der Waals surface area contributed by atoms with Crippen LogP contribution in [0.1, 0.15) is 18.0 Å². The molecule has 0 saturated carbocycles. The number of aromatic nitrogens is 2. The van der Waals surface area contributed by atoms with Gasteiger partial charge in [-0.25, -0.2) is 18.1 Å². The van der Waals surface area contributed by atoms with Gasteiger partial charge in [-0.1, -0.05) is 30.3 Å². The monoisotopic (exact) mass is 334 g/mol. The van der Waals surface area contributed by atoms with Crippen LogP contribution in [0.2, 0.25) is 0 Å². The Hall–Kier alpha value is -2.19. The van der Waals surface area contributed by atoms with Gasteiger partial charge in [0.25, 0.3) is 10.0 Å². The number of nitrogens with zero attached hydrogens (tertiary/aromatic N) is 2. The van der Waals surface area contributed by atoms with Gasteiger partial charge >= 0.3 is 0 Å². The van der Waals surface area contributed by atoms with Crippen LogP contribution in [0.15, 0.2) is 47.9 Å². The lowest BCUT2D eigenvalue weighted by molar-refractivity contribution is -0.127. The van der Waals surface area contributed by atoms with Crippen molar-refractivity contribution in [3.63, 3.8) is 0 Å². The second-order valence-corrected chi connectivity index (χ2v) is 7.33. The Bertz CT molecular complexity index is 774. The van der Waals surface area contributed by atoms with Crippen LogP contribution in [0.4, 0.5) is 0 Å². The van der Waals surface area contributed by atoms with E-state index in [4.69, 9.17) is 0 Å². The van der Waals surface area contributed by atoms with Gasteiger partial charge in [-0.3, -0.25) is 4.79 Å². The van der Waals surface area contributed by atoms with Gasteiger partial charge in [-0.2, -0.15) is 0 Å². The SMILES string of the molecule is CN1C(=O)C[C@@H](CNS(=O)(=O)c2cnc[nH]2)[C@@H]1c1ccccc1. The second-order valence-electron chi connectivity index (χ2n) is 5.59. The molecule has 1 fully saturated rings. The molecule has 0 aliphatic carbocycles. The summed E-state index contributed by atoms with van der Waals surface area (Å²) in [6.07, 6.45) is 2.89. The first-order chi connectivity index (χ1) is 11.0. The summed E-state index contributed by atoms with van der Waals surface area (Å²) in [5, 5.41) is 0.0199. The number of likely N-dealkylation sites (tertiary alicyclic amines) is 1. The number of rotatable bonds is 5. The van der Waals surface area contributed by atoms with Gasteiger partial charge in [0.1, 0.15) is 0 Å². The molecule has 0 radical (unpaired) electrons. The van der Waals surface area contributed by atoms with Gasteiger partial charge in [-0.15, -0.1) is 0 Å². The van der Waals surface area contributed by atoms with E-state index in [1.807, 2.05) is 30.3 Å². The molecule has 2 aromatic rings. The molecule has 2 N–H and O–H groups in total. The number of hydrogen-bond donors (Lipinski definition) is 2. The molecule has 0 bridgehead atoms. The highest BCUT2D eigenvalue weighted by Gasteiger charge is 2.38. The zero-order valence-electron chi connectivity index (χ0n) is 12.6. The van der Waals surface area contributed by atoms with Crippen LogP contribution in [-0.2, 0) is 14.8 Å². The van der Waals surface area contributed by atoms with Crippen molar-refractivity contribution in [3.8, 4) is 0 Å². The first-order valence-electron chi connectivity index (χ1n) is 7.27. The summed E-state index contributed by atoms with van der Waals surface area (Å²) in [6.45, 7) is 0.191. The average Bonchev–Trinajstić information content (AvgIpc) is 3.16. The Morgan fingerprint density at radius 2 is 2.09 bits per heavy atom. The van der Waals surface area contributed by atoms with Gasteiger partial charge in [0, 0.05) is 25.9 Å². The molecule has 1 aromatic carbocycles. The molecule has 1 amide bonds. The number of imidazole rings is 1. The molecule has 1 aromatic heterocycles. The third-order valence-corrected chi connectivity index (χ3v) is 5.48. The largest absolute Gasteiger partial charge is 0.338 e. The Morgan fingerprint density at radius 1 is 1.35 bits per heavy atom. The number of carbonyl (C=O) groups excluding carboxylic acids is 1. The topological polar surface area (TPSA) is 95.2 Å². The predicted molar refractivity (Wildman–Crippen MR) is 83.8 cm³/mol. The van der Waals surface area contributed by atoms with Crippen molar-refractivity contribution in [2.75, 3.05) is 13.6 Å². The summed E-state index contributed by atoms with van der Waals surface area (Å²) < 4.78 is 26.9. The fourth-order valence-electron chi connectivity index (χ4n) is 2.97. The fourth-order valence-corrected chi connectivity index (χ4v) is 3.96. The van der Waals surface area contributed by atoms with E-state index in [9.17, 15) is 13.2 Å². The lowest BCUT2D eigenvalue weighted by atomic mass is 9.94. The molecule has 1 aliphatic rings. The number of H-pyrrole nitrogens is 1. The van der Waals surface area contributed by atoms with E-state index in [0.717, 1.165) is 5.56 Å². The maximum atomic E-state index is 12.2. The van der Waals surface area contributed by atoms with Crippen molar-refractivity contribution in [2.45, 2.75) is 17.5 Å². The lowest BCUT2D eigenvalue weighted by Gasteiger charge is -2.25. The number of nitrogens with one attached hydrogen (secondary N) is 2. The first-order valence-corrected chi connectivity index (χ1v) is 8.76. The third-order valence-electron chi connectivity index (χ3n) is 4.13. The van der Waals surface area contributed by atoms with Crippen LogP contribution in [0.5, 0.6) is 0 Å².